The third-order valence-corrected chi connectivity index (χ3v) is 5.72. The first-order valence-corrected chi connectivity index (χ1v) is 8.17. The van der Waals surface area contributed by atoms with Crippen LogP contribution in [0.4, 0.5) is 26.3 Å². The van der Waals surface area contributed by atoms with E-state index in [1.165, 1.54) is 11.9 Å². The van der Waals surface area contributed by atoms with Gasteiger partial charge in [0.2, 0.25) is 11.1 Å². The molecule has 6 nitrogen and oxygen atoms in total. The molecule has 1 N–H and O–H groups in total. The summed E-state index contributed by atoms with van der Waals surface area (Å²) in [6.45, 7) is -1.33. The summed E-state index contributed by atoms with van der Waals surface area (Å²) in [6.07, 6.45) is 0. The van der Waals surface area contributed by atoms with Crippen LogP contribution in [-0.2, 0) is 21.1 Å². The van der Waals surface area contributed by atoms with Gasteiger partial charge in [0.1, 0.15) is 0 Å². The van der Waals surface area contributed by atoms with Crippen LogP contribution in [0.1, 0.15) is 0 Å². The number of nitrogens with zero attached hydrogens (tertiary/aromatic N) is 2. The Morgan fingerprint density at radius 3 is 1.77 bits per heavy atom. The highest BCUT2D eigenvalue weighted by Crippen LogP contribution is 2.50. The van der Waals surface area contributed by atoms with Crippen LogP contribution in [-0.4, -0.2) is 76.0 Å². The van der Waals surface area contributed by atoms with E-state index in [0.717, 1.165) is 0 Å². The minimum Gasteiger partial charge on any atom is -0.304 e. The summed E-state index contributed by atoms with van der Waals surface area (Å²) in [6, 6.07) is 0. The van der Waals surface area contributed by atoms with Gasteiger partial charge in [-0.05, 0) is 7.05 Å². The third-order valence-electron chi connectivity index (χ3n) is 3.08. The monoisotopic (exact) mass is 378 g/mol. The molecular weight excluding hydrogens is 366 g/mol. The summed E-state index contributed by atoms with van der Waals surface area (Å²) in [5.74, 6) is -6.57. The second-order valence-corrected chi connectivity index (χ2v) is 7.55. The molecule has 0 aliphatic carbocycles. The van der Waals surface area contributed by atoms with Gasteiger partial charge >= 0.3 is 16.4 Å². The molecule has 14 heteroatoms. The summed E-state index contributed by atoms with van der Waals surface area (Å²) < 4.78 is 121. The number of hydrogen-bond donors (Lipinski definition) is 1. The van der Waals surface area contributed by atoms with Crippen LogP contribution in [0.3, 0.4) is 0 Å². The average molecular weight is 378 g/mol. The van der Waals surface area contributed by atoms with Gasteiger partial charge in [-0.1, -0.05) is 0 Å². The molecule has 1 fully saturated rings. The molecule has 0 saturated carbocycles. The van der Waals surface area contributed by atoms with Crippen LogP contribution in [0.25, 0.3) is 0 Å². The highest BCUT2D eigenvalue weighted by atomic mass is 32.2. The number of halogens is 6. The van der Waals surface area contributed by atoms with Crippen LogP contribution in [0, 0.1) is 0 Å². The molecule has 0 aromatic carbocycles. The zero-order valence-corrected chi connectivity index (χ0v) is 12.6. The van der Waals surface area contributed by atoms with Crippen LogP contribution >= 0.6 is 0 Å². The van der Waals surface area contributed by atoms with Gasteiger partial charge in [-0.3, -0.25) is 0 Å². The van der Waals surface area contributed by atoms with Crippen molar-refractivity contribution < 1.29 is 43.5 Å². The number of alkyl halides is 6. The van der Waals surface area contributed by atoms with Gasteiger partial charge in [0.15, 0.2) is 0 Å². The maximum atomic E-state index is 13.6. The number of piperazine rings is 1. The van der Waals surface area contributed by atoms with E-state index in [0.29, 0.717) is 0 Å². The van der Waals surface area contributed by atoms with Gasteiger partial charge in [0.05, 0.1) is 0 Å². The number of likely N-dealkylation sites (N-methyl/N-ethyl adjacent to an activating group) is 1. The summed E-state index contributed by atoms with van der Waals surface area (Å²) in [5, 5.41) is -12.4. The summed E-state index contributed by atoms with van der Waals surface area (Å²) in [5.41, 5.74) is 0. The molecular formula is C8H12F6N2O4S2. The largest absolute Gasteiger partial charge is 0.428 e. The van der Waals surface area contributed by atoms with Crippen LogP contribution in [0.5, 0.6) is 0 Å². The Bertz CT molecular complexity index is 547. The van der Waals surface area contributed by atoms with E-state index in [-0.39, 0.29) is 17.4 Å². The Hall–Kier alpha value is -0.440. The number of hydrogen-bond acceptors (Lipinski definition) is 4. The Morgan fingerprint density at radius 2 is 1.41 bits per heavy atom. The topological polar surface area (TPSA) is 77.9 Å². The molecule has 1 saturated heterocycles. The molecule has 1 aliphatic heterocycles. The zero-order chi connectivity index (χ0) is 17.6. The van der Waals surface area contributed by atoms with E-state index in [4.69, 9.17) is 4.55 Å². The molecule has 1 heterocycles. The molecule has 1 unspecified atom stereocenters. The second-order valence-electron chi connectivity index (χ2n) is 4.56. The van der Waals surface area contributed by atoms with Crippen molar-refractivity contribution in [3.8, 4) is 0 Å². The van der Waals surface area contributed by atoms with Crippen molar-refractivity contribution in [1.82, 2.24) is 9.21 Å². The third kappa shape index (κ3) is 2.86. The lowest BCUT2D eigenvalue weighted by molar-refractivity contribution is -0.245. The molecule has 0 bridgehead atoms. The van der Waals surface area contributed by atoms with Crippen molar-refractivity contribution >= 4 is 21.1 Å². The molecule has 22 heavy (non-hydrogen) atoms. The SMILES string of the molecule is CN1CCN(S(=O)(=O)C(F)(F)C(F)(F)C(F)(F)S(=O)O)CC1. The molecule has 0 amide bonds. The summed E-state index contributed by atoms with van der Waals surface area (Å²) in [4.78, 5) is 1.51. The second kappa shape index (κ2) is 5.89. The van der Waals surface area contributed by atoms with Gasteiger partial charge in [-0.2, -0.15) is 30.6 Å². The molecule has 0 aromatic heterocycles. The predicted octanol–water partition coefficient (Wildman–Crippen LogP) is 0.606. The van der Waals surface area contributed by atoms with Gasteiger partial charge in [-0.25, -0.2) is 12.6 Å². The Balaban J connectivity index is 3.24. The zero-order valence-electron chi connectivity index (χ0n) is 11.0. The highest BCUT2D eigenvalue weighted by Gasteiger charge is 2.80. The summed E-state index contributed by atoms with van der Waals surface area (Å²) in [7, 11) is -4.65. The van der Waals surface area contributed by atoms with Crippen molar-refractivity contribution in [1.29, 1.82) is 0 Å². The van der Waals surface area contributed by atoms with E-state index in [1.807, 2.05) is 0 Å². The smallest absolute Gasteiger partial charge is 0.304 e. The first-order valence-electron chi connectivity index (χ1n) is 5.62. The van der Waals surface area contributed by atoms with Crippen LogP contribution in [0.2, 0.25) is 0 Å². The highest BCUT2D eigenvalue weighted by molar-refractivity contribution is 7.90. The molecule has 1 rings (SSSR count). The molecule has 1 atom stereocenters. The number of sulfonamides is 1. The molecule has 0 aromatic rings. The van der Waals surface area contributed by atoms with Crippen molar-refractivity contribution in [3.05, 3.63) is 0 Å². The van der Waals surface area contributed by atoms with Gasteiger partial charge in [0, 0.05) is 26.2 Å². The van der Waals surface area contributed by atoms with E-state index < -0.39 is 50.6 Å². The number of rotatable bonds is 5. The van der Waals surface area contributed by atoms with Crippen molar-refractivity contribution in [2.24, 2.45) is 0 Å². The fourth-order valence-corrected chi connectivity index (χ4v) is 3.46. The summed E-state index contributed by atoms with van der Waals surface area (Å²) >= 11 is -4.69. The van der Waals surface area contributed by atoms with Crippen LogP contribution in [0.15, 0.2) is 0 Å². The van der Waals surface area contributed by atoms with E-state index in [2.05, 4.69) is 0 Å². The maximum Gasteiger partial charge on any atom is 0.428 e. The minimum absolute atomic E-state index is 0.0444. The standard InChI is InChI=1S/C8H12F6N2O4S2/c1-15-2-4-16(5-3-15)22(19,20)8(13,14)6(9,10)7(11,12)21(17)18/h2-5H2,1H3,(H,17,18). The maximum absolute atomic E-state index is 13.6. The van der Waals surface area contributed by atoms with Crippen LogP contribution < -0.4 is 0 Å². The molecule has 1 aliphatic rings. The van der Waals surface area contributed by atoms with E-state index in [9.17, 15) is 39.0 Å². The van der Waals surface area contributed by atoms with Gasteiger partial charge < -0.3 is 9.45 Å². The first kappa shape index (κ1) is 19.6. The Morgan fingerprint density at radius 1 is 1.00 bits per heavy atom. The van der Waals surface area contributed by atoms with E-state index in [1.54, 1.807) is 0 Å². The molecule has 0 spiro atoms. The fraction of sp³-hybridized carbons (Fsp3) is 1.00. The minimum atomic E-state index is -6.57. The van der Waals surface area contributed by atoms with Crippen molar-refractivity contribution in [3.63, 3.8) is 0 Å². The van der Waals surface area contributed by atoms with Gasteiger partial charge in [0.25, 0.3) is 10.0 Å². The lowest BCUT2D eigenvalue weighted by Crippen LogP contribution is -2.63. The Kier molecular flexibility index (Phi) is 5.24. The first-order chi connectivity index (χ1) is 9.69. The normalized spacial score (nSPS) is 21.8. The average Bonchev–Trinajstić information content (AvgIpc) is 2.38. The van der Waals surface area contributed by atoms with E-state index >= 15 is 0 Å². The Labute approximate surface area is 124 Å². The molecule has 132 valence electrons. The van der Waals surface area contributed by atoms with Gasteiger partial charge in [-0.15, -0.1) is 0 Å². The lowest BCUT2D eigenvalue weighted by Gasteiger charge is -2.36. The lowest BCUT2D eigenvalue weighted by atomic mass is 10.3. The molecule has 0 radical (unpaired) electrons. The predicted molar refractivity (Wildman–Crippen MR) is 63.6 cm³/mol. The van der Waals surface area contributed by atoms with Crippen molar-refractivity contribution in [2.45, 2.75) is 16.4 Å². The van der Waals surface area contributed by atoms with Crippen molar-refractivity contribution in [2.75, 3.05) is 33.2 Å². The quantitative estimate of drug-likeness (QED) is 0.560. The fourth-order valence-electron chi connectivity index (χ4n) is 1.63.